The van der Waals surface area contributed by atoms with Crippen molar-refractivity contribution in [3.8, 4) is 17.0 Å². The summed E-state index contributed by atoms with van der Waals surface area (Å²) in [6.45, 7) is 3.81. The molecule has 9 heteroatoms. The highest BCUT2D eigenvalue weighted by molar-refractivity contribution is 5.66. The Morgan fingerprint density at radius 2 is 1.90 bits per heavy atom. The molecule has 4 aromatic heterocycles. The highest BCUT2D eigenvalue weighted by Gasteiger charge is 2.29. The van der Waals surface area contributed by atoms with Gasteiger partial charge in [-0.05, 0) is 19.2 Å². The number of piperazine rings is 1. The maximum Gasteiger partial charge on any atom is 0.212 e. The second-order valence-corrected chi connectivity index (χ2v) is 8.07. The number of ether oxygens (including phenoxy) is 1. The van der Waals surface area contributed by atoms with Crippen molar-refractivity contribution >= 4 is 5.52 Å². The minimum atomic E-state index is 0.191. The molecule has 1 fully saturated rings. The molecule has 0 aliphatic carbocycles. The van der Waals surface area contributed by atoms with E-state index in [0.717, 1.165) is 48.5 Å². The van der Waals surface area contributed by atoms with Crippen LogP contribution in [0.3, 0.4) is 0 Å². The topological polar surface area (TPSA) is 76.6 Å². The lowest BCUT2D eigenvalue weighted by Crippen LogP contribution is -2.46. The molecule has 1 saturated heterocycles. The van der Waals surface area contributed by atoms with Crippen molar-refractivity contribution in [2.24, 2.45) is 7.05 Å². The van der Waals surface area contributed by atoms with Gasteiger partial charge in [0.1, 0.15) is 5.69 Å². The molecule has 0 N–H and O–H groups in total. The van der Waals surface area contributed by atoms with Crippen LogP contribution in [0.2, 0.25) is 0 Å². The van der Waals surface area contributed by atoms with Crippen molar-refractivity contribution in [3.05, 3.63) is 60.3 Å². The van der Waals surface area contributed by atoms with Crippen LogP contribution in [0.15, 0.2) is 49.1 Å². The van der Waals surface area contributed by atoms with Gasteiger partial charge in [0, 0.05) is 74.6 Å². The van der Waals surface area contributed by atoms with E-state index in [0.29, 0.717) is 5.88 Å². The summed E-state index contributed by atoms with van der Waals surface area (Å²) in [5, 5.41) is 13.3. The summed E-state index contributed by atoms with van der Waals surface area (Å²) in [6.07, 6.45) is 7.83. The average Bonchev–Trinajstić information content (AvgIpc) is 3.40. The van der Waals surface area contributed by atoms with Crippen LogP contribution in [-0.2, 0) is 13.6 Å². The molecule has 0 spiro atoms. The van der Waals surface area contributed by atoms with Gasteiger partial charge in [0.2, 0.25) is 5.88 Å². The van der Waals surface area contributed by atoms with Crippen LogP contribution in [-0.4, -0.2) is 73.2 Å². The number of nitrogens with zero attached hydrogens (tertiary/aromatic N) is 8. The molecule has 5 rings (SSSR count). The Morgan fingerprint density at radius 1 is 1.03 bits per heavy atom. The van der Waals surface area contributed by atoms with Crippen molar-refractivity contribution < 1.29 is 4.74 Å². The SMILES string of the molecule is COc1ccc(-c2ccc3c(C4CN(Cc5cnn(C)c5)CCN4C)nnn3c2)cn1. The molecule has 0 amide bonds. The van der Waals surface area contributed by atoms with Gasteiger partial charge in [0.15, 0.2) is 0 Å². The third kappa shape index (κ3) is 3.89. The van der Waals surface area contributed by atoms with Crippen LogP contribution in [0.5, 0.6) is 5.88 Å². The molecule has 1 aliphatic rings. The largest absolute Gasteiger partial charge is 0.481 e. The van der Waals surface area contributed by atoms with Gasteiger partial charge in [-0.2, -0.15) is 5.10 Å². The van der Waals surface area contributed by atoms with E-state index >= 15 is 0 Å². The first-order valence-corrected chi connectivity index (χ1v) is 10.4. The Hall–Kier alpha value is -3.30. The number of aromatic nitrogens is 6. The normalized spacial score (nSPS) is 18.0. The molecule has 0 bridgehead atoms. The zero-order valence-electron chi connectivity index (χ0n) is 18.0. The average molecular weight is 419 g/mol. The summed E-state index contributed by atoms with van der Waals surface area (Å²) in [4.78, 5) is 9.13. The monoisotopic (exact) mass is 418 g/mol. The predicted octanol–water partition coefficient (Wildman–Crippen LogP) is 2.02. The summed E-state index contributed by atoms with van der Waals surface area (Å²) >= 11 is 0. The molecule has 0 saturated carbocycles. The number of aryl methyl sites for hydroxylation is 1. The fourth-order valence-electron chi connectivity index (χ4n) is 4.17. The number of hydrogen-bond acceptors (Lipinski definition) is 7. The first-order chi connectivity index (χ1) is 15.1. The lowest BCUT2D eigenvalue weighted by Gasteiger charge is -2.38. The first kappa shape index (κ1) is 19.7. The van der Waals surface area contributed by atoms with E-state index in [1.165, 1.54) is 5.56 Å². The number of rotatable bonds is 5. The smallest absolute Gasteiger partial charge is 0.212 e. The maximum atomic E-state index is 5.15. The van der Waals surface area contributed by atoms with Crippen LogP contribution in [0.4, 0.5) is 0 Å². The van der Waals surface area contributed by atoms with Crippen molar-refractivity contribution in [2.75, 3.05) is 33.8 Å². The molecule has 31 heavy (non-hydrogen) atoms. The fraction of sp³-hybridized carbons (Fsp3) is 0.364. The Kier molecular flexibility index (Phi) is 5.13. The summed E-state index contributed by atoms with van der Waals surface area (Å²) in [6, 6.07) is 8.25. The fourth-order valence-corrected chi connectivity index (χ4v) is 4.17. The van der Waals surface area contributed by atoms with E-state index in [4.69, 9.17) is 4.74 Å². The second kappa shape index (κ2) is 8.09. The molecule has 1 unspecified atom stereocenters. The highest BCUT2D eigenvalue weighted by Crippen LogP contribution is 2.28. The molecule has 0 aromatic carbocycles. The lowest BCUT2D eigenvalue weighted by molar-refractivity contribution is 0.0889. The maximum absolute atomic E-state index is 5.15. The van der Waals surface area contributed by atoms with Gasteiger partial charge < -0.3 is 4.74 Å². The molecule has 1 atom stereocenters. The van der Waals surface area contributed by atoms with E-state index in [1.54, 1.807) is 7.11 Å². The number of hydrogen-bond donors (Lipinski definition) is 0. The van der Waals surface area contributed by atoms with Gasteiger partial charge in [-0.3, -0.25) is 14.5 Å². The quantitative estimate of drug-likeness (QED) is 0.491. The molecule has 0 radical (unpaired) electrons. The number of likely N-dealkylation sites (N-methyl/N-ethyl adjacent to an activating group) is 1. The Labute approximate surface area is 180 Å². The van der Waals surface area contributed by atoms with Crippen LogP contribution in [0.1, 0.15) is 17.3 Å². The molecule has 9 nitrogen and oxygen atoms in total. The Balaban J connectivity index is 1.39. The summed E-state index contributed by atoms with van der Waals surface area (Å²) in [5.74, 6) is 0.601. The molecular weight excluding hydrogens is 392 g/mol. The van der Waals surface area contributed by atoms with Crippen molar-refractivity contribution in [3.63, 3.8) is 0 Å². The lowest BCUT2D eigenvalue weighted by atomic mass is 10.1. The number of methoxy groups -OCH3 is 1. The number of fused-ring (bicyclic) bond motifs is 1. The third-order valence-corrected chi connectivity index (χ3v) is 5.93. The van der Waals surface area contributed by atoms with Crippen LogP contribution in [0.25, 0.3) is 16.6 Å². The summed E-state index contributed by atoms with van der Waals surface area (Å²) in [5.41, 5.74) is 5.32. The molecular formula is C22H26N8O. The molecule has 4 aromatic rings. The van der Waals surface area contributed by atoms with Crippen molar-refractivity contribution in [2.45, 2.75) is 12.6 Å². The van der Waals surface area contributed by atoms with Crippen molar-refractivity contribution in [1.82, 2.24) is 39.4 Å². The van der Waals surface area contributed by atoms with E-state index < -0.39 is 0 Å². The minimum Gasteiger partial charge on any atom is -0.481 e. The third-order valence-electron chi connectivity index (χ3n) is 5.93. The van der Waals surface area contributed by atoms with E-state index in [1.807, 2.05) is 47.0 Å². The van der Waals surface area contributed by atoms with E-state index in [9.17, 15) is 0 Å². The van der Waals surface area contributed by atoms with Crippen LogP contribution < -0.4 is 4.74 Å². The van der Waals surface area contributed by atoms with Gasteiger partial charge in [-0.1, -0.05) is 11.3 Å². The van der Waals surface area contributed by atoms with Gasteiger partial charge >= 0.3 is 0 Å². The van der Waals surface area contributed by atoms with Crippen LogP contribution >= 0.6 is 0 Å². The van der Waals surface area contributed by atoms with Gasteiger partial charge in [-0.15, -0.1) is 5.10 Å². The highest BCUT2D eigenvalue weighted by atomic mass is 16.5. The molecule has 160 valence electrons. The van der Waals surface area contributed by atoms with Gasteiger partial charge in [0.25, 0.3) is 0 Å². The van der Waals surface area contributed by atoms with Crippen LogP contribution in [0, 0.1) is 0 Å². The minimum absolute atomic E-state index is 0.191. The summed E-state index contributed by atoms with van der Waals surface area (Å²) in [7, 11) is 5.73. The Morgan fingerprint density at radius 3 is 2.65 bits per heavy atom. The van der Waals surface area contributed by atoms with Crippen molar-refractivity contribution in [1.29, 1.82) is 0 Å². The standard InChI is InChI=1S/C22H26N8O/c1-27-8-9-29(13-16-10-24-28(2)12-16)15-20(27)22-19-6-4-18(14-30(19)26-25-22)17-5-7-21(31-3)23-11-17/h4-7,10-12,14,20H,8-9,13,15H2,1-3H3. The zero-order chi connectivity index (χ0) is 21.4. The first-order valence-electron chi connectivity index (χ1n) is 10.4. The number of pyridine rings is 2. The van der Waals surface area contributed by atoms with Gasteiger partial charge in [-0.25, -0.2) is 9.50 Å². The van der Waals surface area contributed by atoms with E-state index in [2.05, 4.69) is 55.6 Å². The second-order valence-electron chi connectivity index (χ2n) is 8.07. The van der Waals surface area contributed by atoms with Gasteiger partial charge in [0.05, 0.1) is 24.9 Å². The Bertz CT molecular complexity index is 1180. The van der Waals surface area contributed by atoms with E-state index in [-0.39, 0.29) is 6.04 Å². The summed E-state index contributed by atoms with van der Waals surface area (Å²) < 4.78 is 8.87. The predicted molar refractivity (Wildman–Crippen MR) is 117 cm³/mol. The zero-order valence-corrected chi connectivity index (χ0v) is 18.0. The molecule has 5 heterocycles. The molecule has 1 aliphatic heterocycles.